The van der Waals surface area contributed by atoms with Crippen LogP contribution in [-0.2, 0) is 24.5 Å². The van der Waals surface area contributed by atoms with Crippen molar-refractivity contribution in [2.75, 3.05) is 11.9 Å². The van der Waals surface area contributed by atoms with E-state index in [4.69, 9.17) is 4.74 Å². The zero-order valence-corrected chi connectivity index (χ0v) is 13.8. The number of amides is 2. The van der Waals surface area contributed by atoms with E-state index in [0.29, 0.717) is 17.7 Å². The molecule has 0 aliphatic carbocycles. The number of nitrogens with one attached hydrogen (secondary N) is 2. The van der Waals surface area contributed by atoms with E-state index >= 15 is 0 Å². The maximum absolute atomic E-state index is 12.4. The first-order chi connectivity index (χ1) is 11.4. The maximum atomic E-state index is 12.4. The third-order valence-electron chi connectivity index (χ3n) is 4.50. The van der Waals surface area contributed by atoms with Crippen molar-refractivity contribution >= 4 is 29.2 Å². The van der Waals surface area contributed by atoms with Gasteiger partial charge < -0.3 is 10.1 Å². The standard InChI is InChI=1S/C17H19N3O4/c1-4-24-16(23)17(3)11-8-10(5-6-12(11)18-15(17)22)14-9(2)7-13(21)19-20-14/h5-6,8-9H,4,7H2,1-3H3,(H,18,22)(H,19,21). The molecule has 0 radical (unpaired) electrons. The Labute approximate surface area is 139 Å². The van der Waals surface area contributed by atoms with Crippen molar-refractivity contribution < 1.29 is 19.1 Å². The van der Waals surface area contributed by atoms with Crippen molar-refractivity contribution in [2.24, 2.45) is 11.0 Å². The van der Waals surface area contributed by atoms with Crippen LogP contribution in [-0.4, -0.2) is 30.1 Å². The lowest BCUT2D eigenvalue weighted by Gasteiger charge is -2.22. The van der Waals surface area contributed by atoms with E-state index in [2.05, 4.69) is 15.8 Å². The Hall–Kier alpha value is -2.70. The fourth-order valence-electron chi connectivity index (χ4n) is 3.08. The van der Waals surface area contributed by atoms with Crippen molar-refractivity contribution in [2.45, 2.75) is 32.6 Å². The summed E-state index contributed by atoms with van der Waals surface area (Å²) in [5, 5.41) is 6.86. The molecule has 2 atom stereocenters. The van der Waals surface area contributed by atoms with Gasteiger partial charge in [-0.2, -0.15) is 5.10 Å². The number of hydrogen-bond donors (Lipinski definition) is 2. The van der Waals surface area contributed by atoms with Gasteiger partial charge in [-0.1, -0.05) is 13.0 Å². The van der Waals surface area contributed by atoms with Gasteiger partial charge >= 0.3 is 5.97 Å². The number of ether oxygens (including phenoxy) is 1. The van der Waals surface area contributed by atoms with E-state index in [1.54, 1.807) is 26.0 Å². The predicted octanol–water partition coefficient (Wildman–Crippen LogP) is 1.32. The minimum atomic E-state index is -1.39. The smallest absolute Gasteiger partial charge is 0.326 e. The van der Waals surface area contributed by atoms with Crippen LogP contribution in [0, 0.1) is 5.92 Å². The van der Waals surface area contributed by atoms with E-state index in [1.807, 2.05) is 13.0 Å². The van der Waals surface area contributed by atoms with Gasteiger partial charge in [0.2, 0.25) is 11.8 Å². The van der Waals surface area contributed by atoms with Crippen LogP contribution in [0.15, 0.2) is 23.3 Å². The summed E-state index contributed by atoms with van der Waals surface area (Å²) in [7, 11) is 0. The van der Waals surface area contributed by atoms with Crippen LogP contribution in [0.5, 0.6) is 0 Å². The van der Waals surface area contributed by atoms with Gasteiger partial charge in [0.25, 0.3) is 0 Å². The minimum absolute atomic E-state index is 0.0456. The first kappa shape index (κ1) is 16.2. The Bertz CT molecular complexity index is 771. The Morgan fingerprint density at radius 1 is 1.42 bits per heavy atom. The molecule has 0 saturated carbocycles. The first-order valence-corrected chi connectivity index (χ1v) is 7.88. The third kappa shape index (κ3) is 2.36. The number of fused-ring (bicyclic) bond motifs is 1. The van der Waals surface area contributed by atoms with Crippen LogP contribution in [0.3, 0.4) is 0 Å². The maximum Gasteiger partial charge on any atom is 0.326 e. The van der Waals surface area contributed by atoms with E-state index in [0.717, 1.165) is 11.3 Å². The molecular weight excluding hydrogens is 310 g/mol. The molecule has 1 aromatic rings. The van der Waals surface area contributed by atoms with Gasteiger partial charge in [-0.05, 0) is 31.5 Å². The minimum Gasteiger partial charge on any atom is -0.465 e. The van der Waals surface area contributed by atoms with Crippen molar-refractivity contribution in [3.8, 4) is 0 Å². The molecule has 0 bridgehead atoms. The molecule has 2 aliphatic heterocycles. The second-order valence-electron chi connectivity index (χ2n) is 6.20. The summed E-state index contributed by atoms with van der Waals surface area (Å²) >= 11 is 0. The van der Waals surface area contributed by atoms with Crippen LogP contribution >= 0.6 is 0 Å². The van der Waals surface area contributed by atoms with Crippen LogP contribution in [0.25, 0.3) is 0 Å². The molecule has 0 aromatic heterocycles. The van der Waals surface area contributed by atoms with E-state index < -0.39 is 17.3 Å². The topological polar surface area (TPSA) is 96.9 Å². The summed E-state index contributed by atoms with van der Waals surface area (Å²) in [5.74, 6) is -1.15. The fourth-order valence-corrected chi connectivity index (χ4v) is 3.08. The molecule has 0 fully saturated rings. The van der Waals surface area contributed by atoms with E-state index in [1.165, 1.54) is 0 Å². The quantitative estimate of drug-likeness (QED) is 0.645. The van der Waals surface area contributed by atoms with Crippen molar-refractivity contribution in [3.05, 3.63) is 29.3 Å². The average molecular weight is 329 g/mol. The Morgan fingerprint density at radius 2 is 2.17 bits per heavy atom. The highest BCUT2D eigenvalue weighted by molar-refractivity contribution is 6.19. The van der Waals surface area contributed by atoms with Crippen molar-refractivity contribution in [3.63, 3.8) is 0 Å². The number of carbonyl (C=O) groups excluding carboxylic acids is 3. The summed E-state index contributed by atoms with van der Waals surface area (Å²) < 4.78 is 5.09. The van der Waals surface area contributed by atoms with Gasteiger partial charge in [0.05, 0.1) is 12.3 Å². The zero-order valence-electron chi connectivity index (χ0n) is 13.8. The number of benzene rings is 1. The lowest BCUT2D eigenvalue weighted by molar-refractivity contribution is -0.152. The molecule has 7 heteroatoms. The molecule has 2 unspecified atom stereocenters. The van der Waals surface area contributed by atoms with Gasteiger partial charge in [0, 0.05) is 23.6 Å². The van der Waals surface area contributed by atoms with Crippen LogP contribution in [0.4, 0.5) is 5.69 Å². The second kappa shape index (κ2) is 5.74. The summed E-state index contributed by atoms with van der Waals surface area (Å²) in [6, 6.07) is 5.35. The molecule has 2 heterocycles. The number of nitrogens with zero attached hydrogens (tertiary/aromatic N) is 1. The fraction of sp³-hybridized carbons (Fsp3) is 0.412. The Balaban J connectivity index is 2.05. The van der Waals surface area contributed by atoms with Crippen molar-refractivity contribution in [1.29, 1.82) is 0 Å². The molecular formula is C17H19N3O4. The Morgan fingerprint density at radius 3 is 2.83 bits per heavy atom. The number of hydrazone groups is 1. The van der Waals surface area contributed by atoms with Crippen LogP contribution in [0.2, 0.25) is 0 Å². The average Bonchev–Trinajstić information content (AvgIpc) is 2.80. The summed E-state index contributed by atoms with van der Waals surface area (Å²) in [4.78, 5) is 36.1. The molecule has 2 aliphatic rings. The first-order valence-electron chi connectivity index (χ1n) is 7.88. The van der Waals surface area contributed by atoms with Gasteiger partial charge in [-0.15, -0.1) is 0 Å². The molecule has 0 saturated heterocycles. The van der Waals surface area contributed by atoms with Gasteiger partial charge in [0.1, 0.15) is 0 Å². The van der Waals surface area contributed by atoms with E-state index in [-0.39, 0.29) is 18.4 Å². The van der Waals surface area contributed by atoms with Gasteiger partial charge in [-0.25, -0.2) is 5.43 Å². The van der Waals surface area contributed by atoms with Crippen LogP contribution < -0.4 is 10.7 Å². The zero-order chi connectivity index (χ0) is 17.5. The molecule has 126 valence electrons. The number of rotatable bonds is 3. The SMILES string of the molecule is CCOC(=O)C1(C)C(=O)Nc2ccc(C3=NNC(=O)CC3C)cc21. The molecule has 2 N–H and O–H groups in total. The summed E-state index contributed by atoms with van der Waals surface area (Å²) in [5.41, 5.74) is 3.74. The Kier molecular flexibility index (Phi) is 3.87. The summed E-state index contributed by atoms with van der Waals surface area (Å²) in [6.07, 6.45) is 0.349. The number of esters is 1. The largest absolute Gasteiger partial charge is 0.465 e. The lowest BCUT2D eigenvalue weighted by atomic mass is 9.82. The number of hydrogen-bond acceptors (Lipinski definition) is 5. The number of carbonyl (C=O) groups is 3. The predicted molar refractivity (Wildman–Crippen MR) is 87.5 cm³/mol. The normalized spacial score (nSPS) is 25.5. The molecule has 24 heavy (non-hydrogen) atoms. The van der Waals surface area contributed by atoms with Gasteiger partial charge in [0.15, 0.2) is 5.41 Å². The lowest BCUT2D eigenvalue weighted by Crippen LogP contribution is -2.41. The highest BCUT2D eigenvalue weighted by atomic mass is 16.5. The summed E-state index contributed by atoms with van der Waals surface area (Å²) in [6.45, 7) is 5.38. The highest BCUT2D eigenvalue weighted by Gasteiger charge is 2.50. The monoisotopic (exact) mass is 329 g/mol. The highest BCUT2D eigenvalue weighted by Crippen LogP contribution is 2.39. The van der Waals surface area contributed by atoms with Gasteiger partial charge in [-0.3, -0.25) is 14.4 Å². The number of anilines is 1. The molecule has 3 rings (SSSR count). The van der Waals surface area contributed by atoms with Crippen molar-refractivity contribution in [1.82, 2.24) is 5.43 Å². The van der Waals surface area contributed by atoms with E-state index in [9.17, 15) is 14.4 Å². The third-order valence-corrected chi connectivity index (χ3v) is 4.50. The molecule has 2 amide bonds. The molecule has 1 aromatic carbocycles. The molecule has 7 nitrogen and oxygen atoms in total. The van der Waals surface area contributed by atoms with Crippen LogP contribution in [0.1, 0.15) is 38.3 Å². The molecule has 0 spiro atoms. The second-order valence-corrected chi connectivity index (χ2v) is 6.20.